The molecule has 0 aromatic heterocycles. The first-order chi connectivity index (χ1) is 6.13. The van der Waals surface area contributed by atoms with Gasteiger partial charge >= 0.3 is 0 Å². The number of nitrogens with zero attached hydrogens (tertiary/aromatic N) is 1. The number of halogens is 1. The molecule has 0 amide bonds. The molecule has 0 aliphatic carbocycles. The van der Waals surface area contributed by atoms with E-state index >= 15 is 0 Å². The van der Waals surface area contributed by atoms with Crippen LogP contribution in [0.4, 0.5) is 5.69 Å². The van der Waals surface area contributed by atoms with Crippen LogP contribution in [0.3, 0.4) is 0 Å². The van der Waals surface area contributed by atoms with E-state index in [4.69, 9.17) is 11.6 Å². The smallest absolute Gasteiger partial charge is 0.208 e. The van der Waals surface area contributed by atoms with Crippen LogP contribution in [0, 0.1) is 6.92 Å². The number of rotatable bonds is 1. The largest absolute Gasteiger partial charge is 0.369 e. The van der Waals surface area contributed by atoms with E-state index in [1.165, 1.54) is 0 Å². The Morgan fingerprint density at radius 2 is 2.23 bits per heavy atom. The standard InChI is InChI=1S/C8H11BrN4/c1-5-2-3-7(6(9)4-5)12-8(10)13-11/h2-4H,11H2,1H3,(H3,10,12,13). The third kappa shape index (κ3) is 2.71. The zero-order chi connectivity index (χ0) is 9.84. The van der Waals surface area contributed by atoms with Gasteiger partial charge in [0.1, 0.15) is 0 Å². The summed E-state index contributed by atoms with van der Waals surface area (Å²) in [4.78, 5) is 4.03. The molecule has 13 heavy (non-hydrogen) atoms. The molecule has 0 aliphatic rings. The number of nitrogens with one attached hydrogen (secondary N) is 1. The average Bonchev–Trinajstić information content (AvgIpc) is 2.09. The minimum Gasteiger partial charge on any atom is -0.369 e. The summed E-state index contributed by atoms with van der Waals surface area (Å²) in [6, 6.07) is 5.78. The second-order valence-electron chi connectivity index (χ2n) is 2.60. The van der Waals surface area contributed by atoms with Crippen molar-refractivity contribution in [1.82, 2.24) is 5.43 Å². The summed E-state index contributed by atoms with van der Waals surface area (Å²) in [6.45, 7) is 2.00. The van der Waals surface area contributed by atoms with E-state index in [0.717, 1.165) is 15.7 Å². The van der Waals surface area contributed by atoms with Gasteiger partial charge in [-0.25, -0.2) is 10.8 Å². The molecule has 1 rings (SSSR count). The van der Waals surface area contributed by atoms with Crippen molar-refractivity contribution >= 4 is 27.6 Å². The third-order valence-electron chi connectivity index (χ3n) is 1.49. The molecule has 70 valence electrons. The number of aryl methyl sites for hydroxylation is 1. The maximum atomic E-state index is 5.40. The van der Waals surface area contributed by atoms with E-state index in [9.17, 15) is 0 Å². The number of hydrogen-bond acceptors (Lipinski definition) is 2. The van der Waals surface area contributed by atoms with Gasteiger partial charge in [0, 0.05) is 4.47 Å². The van der Waals surface area contributed by atoms with Gasteiger partial charge in [0.15, 0.2) is 0 Å². The summed E-state index contributed by atoms with van der Waals surface area (Å²) in [6.07, 6.45) is 0. The number of nitrogens with two attached hydrogens (primary N) is 2. The summed E-state index contributed by atoms with van der Waals surface area (Å²) < 4.78 is 0.894. The second kappa shape index (κ2) is 4.25. The van der Waals surface area contributed by atoms with Crippen LogP contribution in [0.5, 0.6) is 0 Å². The van der Waals surface area contributed by atoms with E-state index < -0.39 is 0 Å². The van der Waals surface area contributed by atoms with Crippen molar-refractivity contribution in [3.8, 4) is 0 Å². The first kappa shape index (κ1) is 10.0. The zero-order valence-corrected chi connectivity index (χ0v) is 8.80. The highest BCUT2D eigenvalue weighted by atomic mass is 79.9. The van der Waals surface area contributed by atoms with Crippen LogP contribution in [0.15, 0.2) is 27.7 Å². The lowest BCUT2D eigenvalue weighted by atomic mass is 10.2. The van der Waals surface area contributed by atoms with Gasteiger partial charge < -0.3 is 5.73 Å². The molecule has 0 unspecified atom stereocenters. The van der Waals surface area contributed by atoms with Crippen LogP contribution < -0.4 is 17.0 Å². The minimum absolute atomic E-state index is 0.185. The Labute approximate surface area is 85.1 Å². The van der Waals surface area contributed by atoms with Gasteiger partial charge in [0.25, 0.3) is 0 Å². The summed E-state index contributed by atoms with van der Waals surface area (Å²) >= 11 is 3.37. The number of aliphatic imine (C=N–C) groups is 1. The molecule has 0 bridgehead atoms. The summed E-state index contributed by atoms with van der Waals surface area (Å²) in [5, 5.41) is 0. The van der Waals surface area contributed by atoms with Gasteiger partial charge in [0.05, 0.1) is 5.69 Å². The lowest BCUT2D eigenvalue weighted by Crippen LogP contribution is -2.36. The minimum atomic E-state index is 0.185. The topological polar surface area (TPSA) is 76.4 Å². The highest BCUT2D eigenvalue weighted by molar-refractivity contribution is 9.10. The number of guanidine groups is 1. The van der Waals surface area contributed by atoms with Crippen LogP contribution >= 0.6 is 15.9 Å². The van der Waals surface area contributed by atoms with Gasteiger partial charge in [-0.2, -0.15) is 0 Å². The Hall–Kier alpha value is -1.07. The molecule has 0 saturated heterocycles. The van der Waals surface area contributed by atoms with Gasteiger partial charge in [-0.15, -0.1) is 0 Å². The zero-order valence-electron chi connectivity index (χ0n) is 7.21. The van der Waals surface area contributed by atoms with Crippen LogP contribution in [0.1, 0.15) is 5.56 Å². The molecule has 1 aromatic carbocycles. The van der Waals surface area contributed by atoms with Crippen LogP contribution in [0.2, 0.25) is 0 Å². The maximum absolute atomic E-state index is 5.40. The molecule has 4 nitrogen and oxygen atoms in total. The molecule has 0 aliphatic heterocycles. The fourth-order valence-corrected chi connectivity index (χ4v) is 1.45. The van der Waals surface area contributed by atoms with Crippen molar-refractivity contribution in [3.63, 3.8) is 0 Å². The molecule has 1 aromatic rings. The first-order valence-corrected chi connectivity index (χ1v) is 4.49. The predicted octanol–water partition coefficient (Wildman–Crippen LogP) is 1.17. The van der Waals surface area contributed by atoms with Crippen LogP contribution in [-0.2, 0) is 0 Å². The van der Waals surface area contributed by atoms with Crippen molar-refractivity contribution < 1.29 is 0 Å². The second-order valence-corrected chi connectivity index (χ2v) is 3.45. The Balaban J connectivity index is 3.03. The molecular formula is C8H11BrN4. The Kier molecular flexibility index (Phi) is 3.27. The summed E-state index contributed by atoms with van der Waals surface area (Å²) in [5.41, 5.74) is 9.58. The SMILES string of the molecule is Cc1ccc(N=C(N)NN)c(Br)c1. The Bertz CT molecular complexity index is 335. The monoisotopic (exact) mass is 242 g/mol. The third-order valence-corrected chi connectivity index (χ3v) is 2.13. The highest BCUT2D eigenvalue weighted by Crippen LogP contribution is 2.25. The number of hydrogen-bond donors (Lipinski definition) is 3. The lowest BCUT2D eigenvalue weighted by Gasteiger charge is -2.01. The van der Waals surface area contributed by atoms with Crippen molar-refractivity contribution in [1.29, 1.82) is 0 Å². The molecule has 0 atom stereocenters. The number of benzene rings is 1. The quantitative estimate of drug-likeness (QED) is 0.300. The van der Waals surface area contributed by atoms with E-state index in [0.29, 0.717) is 0 Å². The van der Waals surface area contributed by atoms with E-state index in [1.54, 1.807) is 0 Å². The van der Waals surface area contributed by atoms with E-state index in [2.05, 4.69) is 26.3 Å². The molecule has 0 saturated carbocycles. The first-order valence-electron chi connectivity index (χ1n) is 3.70. The fraction of sp³-hybridized carbons (Fsp3) is 0.125. The Morgan fingerprint density at radius 3 is 2.77 bits per heavy atom. The highest BCUT2D eigenvalue weighted by Gasteiger charge is 1.98. The molecule has 0 fully saturated rings. The molecule has 0 spiro atoms. The van der Waals surface area contributed by atoms with Gasteiger partial charge in [-0.3, -0.25) is 5.43 Å². The van der Waals surface area contributed by atoms with Gasteiger partial charge in [-0.1, -0.05) is 6.07 Å². The molecule has 5 heteroatoms. The molecular weight excluding hydrogens is 232 g/mol. The van der Waals surface area contributed by atoms with Gasteiger partial charge in [-0.05, 0) is 40.5 Å². The fourth-order valence-electron chi connectivity index (χ4n) is 0.865. The van der Waals surface area contributed by atoms with Crippen molar-refractivity contribution in [2.24, 2.45) is 16.6 Å². The van der Waals surface area contributed by atoms with Crippen LogP contribution in [0.25, 0.3) is 0 Å². The van der Waals surface area contributed by atoms with Crippen molar-refractivity contribution in [3.05, 3.63) is 28.2 Å². The summed E-state index contributed by atoms with van der Waals surface area (Å²) in [5.74, 6) is 5.26. The number of hydrazine groups is 1. The van der Waals surface area contributed by atoms with Crippen molar-refractivity contribution in [2.75, 3.05) is 0 Å². The Morgan fingerprint density at radius 1 is 1.54 bits per heavy atom. The van der Waals surface area contributed by atoms with Crippen LogP contribution in [-0.4, -0.2) is 5.96 Å². The van der Waals surface area contributed by atoms with E-state index in [1.807, 2.05) is 25.1 Å². The predicted molar refractivity (Wildman–Crippen MR) is 57.5 cm³/mol. The molecule has 0 radical (unpaired) electrons. The summed E-state index contributed by atoms with van der Waals surface area (Å²) in [7, 11) is 0. The maximum Gasteiger partial charge on any atom is 0.208 e. The van der Waals surface area contributed by atoms with Gasteiger partial charge in [0.2, 0.25) is 5.96 Å². The normalized spacial score (nSPS) is 11.5. The average molecular weight is 243 g/mol. The lowest BCUT2D eigenvalue weighted by molar-refractivity contribution is 1.01. The van der Waals surface area contributed by atoms with E-state index in [-0.39, 0.29) is 5.96 Å². The molecule has 5 N–H and O–H groups in total. The van der Waals surface area contributed by atoms with Crippen molar-refractivity contribution in [2.45, 2.75) is 6.92 Å². The molecule has 0 heterocycles.